The molecule has 4 rings (SSSR count). The third-order valence-corrected chi connectivity index (χ3v) is 5.95. The van der Waals surface area contributed by atoms with Crippen LogP contribution in [0.15, 0.2) is 47.5 Å². The van der Waals surface area contributed by atoms with Crippen LogP contribution in [0, 0.1) is 5.92 Å². The van der Waals surface area contributed by atoms with Gasteiger partial charge in [0.05, 0.1) is 19.4 Å². The van der Waals surface area contributed by atoms with Crippen LogP contribution in [0.3, 0.4) is 0 Å². The van der Waals surface area contributed by atoms with E-state index in [1.807, 2.05) is 19.2 Å². The highest BCUT2D eigenvalue weighted by Crippen LogP contribution is 2.31. The molecule has 1 atom stereocenters. The van der Waals surface area contributed by atoms with Gasteiger partial charge in [0.1, 0.15) is 11.5 Å². The summed E-state index contributed by atoms with van der Waals surface area (Å²) >= 11 is 0. The van der Waals surface area contributed by atoms with Gasteiger partial charge in [0, 0.05) is 39.6 Å². The molecule has 2 heterocycles. The van der Waals surface area contributed by atoms with Crippen molar-refractivity contribution in [1.29, 1.82) is 0 Å². The molecule has 31 heavy (non-hydrogen) atoms. The fourth-order valence-corrected chi connectivity index (χ4v) is 4.29. The molecule has 2 aromatic rings. The second-order valence-electron chi connectivity index (χ2n) is 7.94. The van der Waals surface area contributed by atoms with Crippen LogP contribution in [0.2, 0.25) is 0 Å². The van der Waals surface area contributed by atoms with Crippen molar-refractivity contribution in [2.45, 2.75) is 19.3 Å². The molecule has 0 amide bonds. The molecule has 0 saturated carbocycles. The first kappa shape index (κ1) is 23.5. The zero-order valence-corrected chi connectivity index (χ0v) is 20.7. The lowest BCUT2D eigenvalue weighted by Gasteiger charge is -2.21. The fourth-order valence-electron chi connectivity index (χ4n) is 4.29. The number of benzene rings is 2. The molecule has 2 aliphatic rings. The van der Waals surface area contributed by atoms with Crippen molar-refractivity contribution in [2.24, 2.45) is 10.9 Å². The highest BCUT2D eigenvalue weighted by atomic mass is 127. The van der Waals surface area contributed by atoms with E-state index in [2.05, 4.69) is 50.9 Å². The van der Waals surface area contributed by atoms with E-state index < -0.39 is 0 Å². The SMILES string of the molecule is CN=C(NCCc1ccc2c(c1)CCO2)NCC1CCN(c2ccccc2OC)C1.I. The molecule has 0 bridgehead atoms. The summed E-state index contributed by atoms with van der Waals surface area (Å²) in [5, 5.41) is 6.95. The predicted molar refractivity (Wildman–Crippen MR) is 137 cm³/mol. The van der Waals surface area contributed by atoms with E-state index in [0.29, 0.717) is 5.92 Å². The second-order valence-corrected chi connectivity index (χ2v) is 7.94. The van der Waals surface area contributed by atoms with Gasteiger partial charge >= 0.3 is 0 Å². The number of nitrogens with one attached hydrogen (secondary N) is 2. The molecule has 1 fully saturated rings. The van der Waals surface area contributed by atoms with Crippen molar-refractivity contribution >= 4 is 35.6 Å². The molecule has 2 aromatic carbocycles. The summed E-state index contributed by atoms with van der Waals surface area (Å²) in [6.07, 6.45) is 3.16. The van der Waals surface area contributed by atoms with Crippen LogP contribution >= 0.6 is 24.0 Å². The van der Waals surface area contributed by atoms with Gasteiger partial charge in [-0.25, -0.2) is 0 Å². The van der Waals surface area contributed by atoms with E-state index >= 15 is 0 Å². The molecular weight excluding hydrogens is 503 g/mol. The van der Waals surface area contributed by atoms with Crippen LogP contribution in [0.25, 0.3) is 0 Å². The van der Waals surface area contributed by atoms with Crippen molar-refractivity contribution in [3.8, 4) is 11.5 Å². The van der Waals surface area contributed by atoms with Crippen molar-refractivity contribution in [2.75, 3.05) is 51.8 Å². The van der Waals surface area contributed by atoms with Gasteiger partial charge in [-0.05, 0) is 48.1 Å². The Hall–Kier alpha value is -2.16. The van der Waals surface area contributed by atoms with Crippen LogP contribution < -0.4 is 25.0 Å². The molecule has 0 aromatic heterocycles. The van der Waals surface area contributed by atoms with Crippen LogP contribution in [0.4, 0.5) is 5.69 Å². The Kier molecular flexibility index (Phi) is 8.69. The Labute approximate surface area is 202 Å². The largest absolute Gasteiger partial charge is 0.495 e. The van der Waals surface area contributed by atoms with E-state index in [1.54, 1.807) is 7.11 Å². The minimum atomic E-state index is 0. The summed E-state index contributed by atoms with van der Waals surface area (Å²) in [5.74, 6) is 3.45. The van der Waals surface area contributed by atoms with Crippen LogP contribution in [-0.2, 0) is 12.8 Å². The van der Waals surface area contributed by atoms with Gasteiger partial charge in [-0.2, -0.15) is 0 Å². The second kappa shape index (κ2) is 11.5. The third kappa shape index (κ3) is 5.96. The van der Waals surface area contributed by atoms with E-state index in [9.17, 15) is 0 Å². The summed E-state index contributed by atoms with van der Waals surface area (Å²) in [4.78, 5) is 6.80. The quantitative estimate of drug-likeness (QED) is 0.323. The maximum atomic E-state index is 5.59. The first-order valence-electron chi connectivity index (χ1n) is 10.8. The fraction of sp³-hybridized carbons (Fsp3) is 0.458. The lowest BCUT2D eigenvalue weighted by Crippen LogP contribution is -2.41. The summed E-state index contributed by atoms with van der Waals surface area (Å²) in [6, 6.07) is 14.8. The topological polar surface area (TPSA) is 58.1 Å². The summed E-state index contributed by atoms with van der Waals surface area (Å²) in [5.41, 5.74) is 3.85. The number of fused-ring (bicyclic) bond motifs is 1. The monoisotopic (exact) mass is 536 g/mol. The number of aliphatic imine (C=N–C) groups is 1. The minimum absolute atomic E-state index is 0. The van der Waals surface area contributed by atoms with E-state index in [4.69, 9.17) is 9.47 Å². The Bertz CT molecular complexity index is 890. The molecule has 1 unspecified atom stereocenters. The molecule has 2 aliphatic heterocycles. The average molecular weight is 536 g/mol. The smallest absolute Gasteiger partial charge is 0.190 e. The molecule has 7 heteroatoms. The van der Waals surface area contributed by atoms with Gasteiger partial charge in [0.15, 0.2) is 5.96 Å². The normalized spacial score (nSPS) is 17.5. The average Bonchev–Trinajstić information content (AvgIpc) is 3.45. The Morgan fingerprint density at radius 3 is 2.94 bits per heavy atom. The third-order valence-electron chi connectivity index (χ3n) is 5.95. The van der Waals surface area contributed by atoms with Crippen molar-refractivity contribution in [1.82, 2.24) is 10.6 Å². The first-order valence-corrected chi connectivity index (χ1v) is 10.8. The van der Waals surface area contributed by atoms with E-state index in [-0.39, 0.29) is 24.0 Å². The lowest BCUT2D eigenvalue weighted by atomic mass is 10.1. The van der Waals surface area contributed by atoms with E-state index in [1.165, 1.54) is 23.2 Å². The maximum absolute atomic E-state index is 5.59. The van der Waals surface area contributed by atoms with Crippen LogP contribution in [0.5, 0.6) is 11.5 Å². The number of halogens is 1. The van der Waals surface area contributed by atoms with Crippen molar-refractivity contribution in [3.63, 3.8) is 0 Å². The number of ether oxygens (including phenoxy) is 2. The maximum Gasteiger partial charge on any atom is 0.190 e. The number of para-hydroxylation sites is 2. The minimum Gasteiger partial charge on any atom is -0.495 e. The van der Waals surface area contributed by atoms with Gasteiger partial charge in [0.2, 0.25) is 0 Å². The molecule has 6 nitrogen and oxygen atoms in total. The molecule has 0 radical (unpaired) electrons. The first-order chi connectivity index (χ1) is 14.8. The number of rotatable bonds is 7. The van der Waals surface area contributed by atoms with Gasteiger partial charge in [-0.15, -0.1) is 24.0 Å². The summed E-state index contributed by atoms with van der Waals surface area (Å²) < 4.78 is 11.1. The highest BCUT2D eigenvalue weighted by molar-refractivity contribution is 14.0. The molecule has 0 aliphatic carbocycles. The number of hydrogen-bond donors (Lipinski definition) is 2. The van der Waals surface area contributed by atoms with Gasteiger partial charge in [-0.1, -0.05) is 24.3 Å². The van der Waals surface area contributed by atoms with Crippen LogP contribution in [-0.4, -0.2) is 52.9 Å². The number of nitrogens with zero attached hydrogens (tertiary/aromatic N) is 2. The van der Waals surface area contributed by atoms with Gasteiger partial charge in [-0.3, -0.25) is 4.99 Å². The van der Waals surface area contributed by atoms with Crippen molar-refractivity contribution < 1.29 is 9.47 Å². The zero-order valence-electron chi connectivity index (χ0n) is 18.4. The number of hydrogen-bond acceptors (Lipinski definition) is 4. The van der Waals surface area contributed by atoms with Crippen molar-refractivity contribution in [3.05, 3.63) is 53.6 Å². The van der Waals surface area contributed by atoms with Gasteiger partial charge in [0.25, 0.3) is 0 Å². The van der Waals surface area contributed by atoms with Gasteiger partial charge < -0.3 is 25.0 Å². The van der Waals surface area contributed by atoms with Crippen LogP contribution in [0.1, 0.15) is 17.5 Å². The number of anilines is 1. The Balaban J connectivity index is 0.00000272. The molecular formula is C24H33IN4O2. The molecule has 168 valence electrons. The standard InChI is InChI=1S/C24H32N4O2.HI/c1-25-24(26-12-9-18-7-8-22-20(15-18)11-14-30-22)27-16-19-10-13-28(17-19)21-5-3-4-6-23(21)29-2;/h3-8,15,19H,9-14,16-17H2,1-2H3,(H2,25,26,27);1H. The van der Waals surface area contributed by atoms with E-state index in [0.717, 1.165) is 63.1 Å². The Morgan fingerprint density at radius 2 is 2.10 bits per heavy atom. The summed E-state index contributed by atoms with van der Waals surface area (Å²) in [6.45, 7) is 4.67. The zero-order chi connectivity index (χ0) is 20.8. The molecule has 2 N–H and O–H groups in total. The predicted octanol–water partition coefficient (Wildman–Crippen LogP) is 3.48. The molecule has 0 spiro atoms. The Morgan fingerprint density at radius 1 is 1.23 bits per heavy atom. The summed E-state index contributed by atoms with van der Waals surface area (Å²) in [7, 11) is 3.57. The molecule has 1 saturated heterocycles. The number of guanidine groups is 1. The lowest BCUT2D eigenvalue weighted by molar-refractivity contribution is 0.357. The highest BCUT2D eigenvalue weighted by Gasteiger charge is 2.24. The number of methoxy groups -OCH3 is 1.